The molecular formula is C19H34N2. The lowest BCUT2D eigenvalue weighted by Crippen LogP contribution is -2.41. The lowest BCUT2D eigenvalue weighted by molar-refractivity contribution is 0.261. The minimum absolute atomic E-state index is 0.403. The van der Waals surface area contributed by atoms with Crippen molar-refractivity contribution >= 4 is 0 Å². The van der Waals surface area contributed by atoms with Crippen LogP contribution in [-0.4, -0.2) is 19.1 Å². The van der Waals surface area contributed by atoms with Crippen LogP contribution in [0.5, 0.6) is 0 Å². The fraction of sp³-hybridized carbons (Fsp3) is 0.684. The van der Waals surface area contributed by atoms with E-state index in [4.69, 9.17) is 5.73 Å². The van der Waals surface area contributed by atoms with Gasteiger partial charge >= 0.3 is 0 Å². The third-order valence-electron chi connectivity index (χ3n) is 4.65. The van der Waals surface area contributed by atoms with Crippen molar-refractivity contribution in [2.45, 2.75) is 53.0 Å². The number of hydrogen-bond donors (Lipinski definition) is 2. The highest BCUT2D eigenvalue weighted by atomic mass is 14.9. The van der Waals surface area contributed by atoms with E-state index in [2.05, 4.69) is 70.3 Å². The van der Waals surface area contributed by atoms with Gasteiger partial charge in [-0.05, 0) is 42.2 Å². The van der Waals surface area contributed by atoms with E-state index < -0.39 is 0 Å². The summed E-state index contributed by atoms with van der Waals surface area (Å²) in [5.41, 5.74) is 7.38. The van der Waals surface area contributed by atoms with E-state index in [1.54, 1.807) is 0 Å². The van der Waals surface area contributed by atoms with E-state index in [0.717, 1.165) is 13.0 Å². The highest BCUT2D eigenvalue weighted by Crippen LogP contribution is 2.22. The summed E-state index contributed by atoms with van der Waals surface area (Å²) in [5, 5.41) is 3.71. The maximum absolute atomic E-state index is 5.98. The molecule has 0 aromatic heterocycles. The summed E-state index contributed by atoms with van der Waals surface area (Å²) in [5.74, 6) is 2.68. The molecule has 0 saturated heterocycles. The number of nitrogens with two attached hydrogens (primary N) is 1. The van der Waals surface area contributed by atoms with Crippen molar-refractivity contribution in [1.29, 1.82) is 0 Å². The summed E-state index contributed by atoms with van der Waals surface area (Å²) in [6, 6.07) is 11.1. The van der Waals surface area contributed by atoms with E-state index in [1.165, 1.54) is 5.56 Å². The number of rotatable bonds is 9. The lowest BCUT2D eigenvalue weighted by atomic mass is 9.85. The van der Waals surface area contributed by atoms with E-state index in [9.17, 15) is 0 Å². The van der Waals surface area contributed by atoms with Gasteiger partial charge in [-0.15, -0.1) is 0 Å². The van der Waals surface area contributed by atoms with Gasteiger partial charge in [-0.3, -0.25) is 0 Å². The topological polar surface area (TPSA) is 38.0 Å². The molecule has 2 heteroatoms. The molecule has 0 aliphatic rings. The van der Waals surface area contributed by atoms with Gasteiger partial charge in [-0.1, -0.05) is 65.0 Å². The Morgan fingerprint density at radius 1 is 0.952 bits per heavy atom. The fourth-order valence-electron chi connectivity index (χ4n) is 3.15. The smallest absolute Gasteiger partial charge is 0.0196 e. The standard InChI is InChI=1S/C19H34N2/c1-14(2)19(15(3)4)13-21-18(12-20)11-16(5)17-9-7-6-8-10-17/h6-10,14-16,18-19,21H,11-13,20H2,1-5H3. The van der Waals surface area contributed by atoms with E-state index in [1.807, 2.05) is 0 Å². The van der Waals surface area contributed by atoms with E-state index in [0.29, 0.717) is 36.3 Å². The van der Waals surface area contributed by atoms with Crippen molar-refractivity contribution < 1.29 is 0 Å². The third kappa shape index (κ3) is 6.19. The van der Waals surface area contributed by atoms with Crippen LogP contribution in [0.1, 0.15) is 52.5 Å². The summed E-state index contributed by atoms with van der Waals surface area (Å²) >= 11 is 0. The molecule has 0 amide bonds. The molecule has 1 aromatic rings. The summed E-state index contributed by atoms with van der Waals surface area (Å²) in [6.45, 7) is 13.3. The maximum Gasteiger partial charge on any atom is 0.0196 e. The summed E-state index contributed by atoms with van der Waals surface area (Å²) in [4.78, 5) is 0. The molecule has 0 bridgehead atoms. The molecule has 3 N–H and O–H groups in total. The molecule has 0 fully saturated rings. The van der Waals surface area contributed by atoms with Gasteiger partial charge in [0.2, 0.25) is 0 Å². The Morgan fingerprint density at radius 2 is 1.52 bits per heavy atom. The quantitative estimate of drug-likeness (QED) is 0.720. The molecule has 120 valence electrons. The van der Waals surface area contributed by atoms with Crippen molar-refractivity contribution in [1.82, 2.24) is 5.32 Å². The fourth-order valence-corrected chi connectivity index (χ4v) is 3.15. The highest BCUT2D eigenvalue weighted by molar-refractivity contribution is 5.18. The maximum atomic E-state index is 5.98. The van der Waals surface area contributed by atoms with Crippen molar-refractivity contribution in [2.75, 3.05) is 13.1 Å². The molecule has 0 heterocycles. The van der Waals surface area contributed by atoms with Crippen molar-refractivity contribution in [2.24, 2.45) is 23.5 Å². The first-order valence-corrected chi connectivity index (χ1v) is 8.44. The lowest BCUT2D eigenvalue weighted by Gasteiger charge is -2.29. The Morgan fingerprint density at radius 3 is 2.00 bits per heavy atom. The van der Waals surface area contributed by atoms with Crippen LogP contribution in [-0.2, 0) is 0 Å². The Kier molecular flexibility index (Phi) is 7.98. The minimum Gasteiger partial charge on any atom is -0.329 e. The van der Waals surface area contributed by atoms with E-state index in [-0.39, 0.29) is 0 Å². The number of nitrogens with one attached hydrogen (secondary N) is 1. The van der Waals surface area contributed by atoms with Crippen molar-refractivity contribution in [3.63, 3.8) is 0 Å². The molecule has 21 heavy (non-hydrogen) atoms. The Balaban J connectivity index is 2.51. The zero-order chi connectivity index (χ0) is 15.8. The monoisotopic (exact) mass is 290 g/mol. The molecule has 1 aromatic carbocycles. The van der Waals surface area contributed by atoms with Crippen LogP contribution in [0.15, 0.2) is 30.3 Å². The second-order valence-corrected chi connectivity index (χ2v) is 7.04. The van der Waals surface area contributed by atoms with Crippen LogP contribution in [0.2, 0.25) is 0 Å². The molecule has 0 radical (unpaired) electrons. The molecule has 0 aliphatic heterocycles. The predicted molar refractivity (Wildman–Crippen MR) is 93.5 cm³/mol. The summed E-state index contributed by atoms with van der Waals surface area (Å²) in [6.07, 6.45) is 1.10. The van der Waals surface area contributed by atoms with Gasteiger partial charge in [0.15, 0.2) is 0 Å². The Bertz CT molecular complexity index is 364. The second kappa shape index (κ2) is 9.22. The van der Waals surface area contributed by atoms with Gasteiger partial charge in [-0.25, -0.2) is 0 Å². The highest BCUT2D eigenvalue weighted by Gasteiger charge is 2.19. The number of benzene rings is 1. The Hall–Kier alpha value is -0.860. The average Bonchev–Trinajstić information content (AvgIpc) is 2.46. The first-order chi connectivity index (χ1) is 9.95. The minimum atomic E-state index is 0.403. The summed E-state index contributed by atoms with van der Waals surface area (Å²) < 4.78 is 0. The van der Waals surface area contributed by atoms with Gasteiger partial charge in [0, 0.05) is 12.6 Å². The van der Waals surface area contributed by atoms with Gasteiger partial charge in [0.25, 0.3) is 0 Å². The second-order valence-electron chi connectivity index (χ2n) is 7.04. The normalized spacial score (nSPS) is 14.9. The average molecular weight is 290 g/mol. The van der Waals surface area contributed by atoms with Gasteiger partial charge in [-0.2, -0.15) is 0 Å². The largest absolute Gasteiger partial charge is 0.329 e. The van der Waals surface area contributed by atoms with Crippen LogP contribution in [0, 0.1) is 17.8 Å². The van der Waals surface area contributed by atoms with Crippen LogP contribution in [0.4, 0.5) is 0 Å². The van der Waals surface area contributed by atoms with Crippen molar-refractivity contribution in [3.8, 4) is 0 Å². The van der Waals surface area contributed by atoms with Crippen LogP contribution >= 0.6 is 0 Å². The molecule has 2 unspecified atom stereocenters. The third-order valence-corrected chi connectivity index (χ3v) is 4.65. The molecule has 0 saturated carbocycles. The Labute approximate surface area is 131 Å². The van der Waals surface area contributed by atoms with Gasteiger partial charge < -0.3 is 11.1 Å². The summed E-state index contributed by atoms with van der Waals surface area (Å²) in [7, 11) is 0. The van der Waals surface area contributed by atoms with E-state index >= 15 is 0 Å². The molecule has 0 spiro atoms. The van der Waals surface area contributed by atoms with Gasteiger partial charge in [0.1, 0.15) is 0 Å². The molecule has 2 atom stereocenters. The SMILES string of the molecule is CC(CC(CN)NCC(C(C)C)C(C)C)c1ccccc1. The molecule has 2 nitrogen and oxygen atoms in total. The van der Waals surface area contributed by atoms with Crippen LogP contribution in [0.25, 0.3) is 0 Å². The first kappa shape index (κ1) is 18.2. The molecular weight excluding hydrogens is 256 g/mol. The number of hydrogen-bond acceptors (Lipinski definition) is 2. The van der Waals surface area contributed by atoms with Crippen LogP contribution < -0.4 is 11.1 Å². The van der Waals surface area contributed by atoms with Crippen LogP contribution in [0.3, 0.4) is 0 Å². The first-order valence-electron chi connectivity index (χ1n) is 8.44. The van der Waals surface area contributed by atoms with Crippen molar-refractivity contribution in [3.05, 3.63) is 35.9 Å². The zero-order valence-corrected chi connectivity index (χ0v) is 14.5. The predicted octanol–water partition coefficient (Wildman–Crippen LogP) is 4.03. The molecule has 0 aliphatic carbocycles. The molecule has 1 rings (SSSR count). The van der Waals surface area contributed by atoms with Gasteiger partial charge in [0.05, 0.1) is 0 Å². The zero-order valence-electron chi connectivity index (χ0n) is 14.5.